The summed E-state index contributed by atoms with van der Waals surface area (Å²) in [6.45, 7) is 0.237. The minimum atomic E-state index is -0.0759. The molecule has 0 bridgehead atoms. The van der Waals surface area contributed by atoms with E-state index in [1.165, 1.54) is 0 Å². The predicted octanol–water partition coefficient (Wildman–Crippen LogP) is 0.550. The first-order chi connectivity index (χ1) is 6.22. The molecular formula is C9H12N2O2. The topological polar surface area (TPSA) is 61.4 Å². The van der Waals surface area contributed by atoms with E-state index in [9.17, 15) is 4.79 Å². The second-order valence-electron chi connectivity index (χ2n) is 2.57. The Morgan fingerprint density at radius 2 is 2.00 bits per heavy atom. The van der Waals surface area contributed by atoms with Gasteiger partial charge in [0.25, 0.3) is 0 Å². The van der Waals surface area contributed by atoms with Gasteiger partial charge in [-0.3, -0.25) is 4.79 Å². The van der Waals surface area contributed by atoms with Crippen LogP contribution in [0.25, 0.3) is 0 Å². The summed E-state index contributed by atoms with van der Waals surface area (Å²) >= 11 is 0. The number of amides is 1. The highest BCUT2D eigenvalue weighted by Crippen LogP contribution is 2.12. The van der Waals surface area contributed by atoms with Gasteiger partial charge < -0.3 is 15.7 Å². The van der Waals surface area contributed by atoms with Crippen molar-refractivity contribution in [2.24, 2.45) is 0 Å². The maximum absolute atomic E-state index is 10.8. The first-order valence-electron chi connectivity index (χ1n) is 3.96. The van der Waals surface area contributed by atoms with E-state index in [1.807, 2.05) is 0 Å². The number of anilines is 1. The summed E-state index contributed by atoms with van der Waals surface area (Å²) in [5.74, 6) is 0.138. The van der Waals surface area contributed by atoms with Gasteiger partial charge in [-0.15, -0.1) is 0 Å². The summed E-state index contributed by atoms with van der Waals surface area (Å²) in [5, 5.41) is 14.4. The molecule has 0 fully saturated rings. The van der Waals surface area contributed by atoms with E-state index in [0.717, 1.165) is 5.69 Å². The Kier molecular flexibility index (Phi) is 3.14. The van der Waals surface area contributed by atoms with E-state index in [4.69, 9.17) is 5.11 Å². The molecule has 0 aliphatic heterocycles. The van der Waals surface area contributed by atoms with Crippen LogP contribution in [0.15, 0.2) is 24.3 Å². The molecule has 0 heterocycles. The highest BCUT2D eigenvalue weighted by molar-refractivity contribution is 5.80. The van der Waals surface area contributed by atoms with Crippen molar-refractivity contribution in [3.8, 4) is 5.75 Å². The average Bonchev–Trinajstić information content (AvgIpc) is 2.16. The van der Waals surface area contributed by atoms with Gasteiger partial charge in [-0.05, 0) is 24.3 Å². The molecular weight excluding hydrogens is 168 g/mol. The van der Waals surface area contributed by atoms with Crippen molar-refractivity contribution >= 4 is 11.6 Å². The van der Waals surface area contributed by atoms with Crippen LogP contribution in [0, 0.1) is 0 Å². The summed E-state index contributed by atoms with van der Waals surface area (Å²) in [6, 6.07) is 6.54. The summed E-state index contributed by atoms with van der Waals surface area (Å²) < 4.78 is 0. The van der Waals surface area contributed by atoms with Crippen LogP contribution in [-0.4, -0.2) is 24.6 Å². The number of hydrogen-bond acceptors (Lipinski definition) is 3. The molecule has 70 valence electrons. The van der Waals surface area contributed by atoms with E-state index in [0.29, 0.717) is 0 Å². The number of hydrogen-bond donors (Lipinski definition) is 3. The minimum Gasteiger partial charge on any atom is -0.508 e. The number of phenols is 1. The maximum atomic E-state index is 10.8. The fourth-order valence-electron chi connectivity index (χ4n) is 0.850. The number of carbonyl (C=O) groups is 1. The summed E-state index contributed by atoms with van der Waals surface area (Å²) in [6.07, 6.45) is 0. The third-order valence-electron chi connectivity index (χ3n) is 1.60. The molecule has 1 amide bonds. The number of aromatic hydroxyl groups is 1. The Morgan fingerprint density at radius 1 is 1.38 bits per heavy atom. The highest BCUT2D eigenvalue weighted by atomic mass is 16.3. The number of likely N-dealkylation sites (N-methyl/N-ethyl adjacent to an activating group) is 1. The highest BCUT2D eigenvalue weighted by Gasteiger charge is 1.96. The number of carbonyl (C=O) groups excluding carboxylic acids is 1. The molecule has 4 heteroatoms. The lowest BCUT2D eigenvalue weighted by atomic mass is 10.3. The van der Waals surface area contributed by atoms with E-state index in [2.05, 4.69) is 10.6 Å². The van der Waals surface area contributed by atoms with Crippen LogP contribution in [0.5, 0.6) is 5.75 Å². The Balaban J connectivity index is 2.46. The summed E-state index contributed by atoms with van der Waals surface area (Å²) in [5.41, 5.74) is 0.807. The fraction of sp³-hybridized carbons (Fsp3) is 0.222. The lowest BCUT2D eigenvalue weighted by Gasteiger charge is -2.04. The van der Waals surface area contributed by atoms with Crippen LogP contribution < -0.4 is 10.6 Å². The quantitative estimate of drug-likeness (QED) is 0.595. The second kappa shape index (κ2) is 4.35. The predicted molar refractivity (Wildman–Crippen MR) is 50.7 cm³/mol. The molecule has 0 aliphatic carbocycles. The van der Waals surface area contributed by atoms with Crippen LogP contribution in [0.1, 0.15) is 0 Å². The molecule has 4 nitrogen and oxygen atoms in total. The van der Waals surface area contributed by atoms with Gasteiger partial charge in [0.2, 0.25) is 5.91 Å². The molecule has 0 saturated heterocycles. The SMILES string of the molecule is CNC(=O)CNc1ccc(O)cc1. The van der Waals surface area contributed by atoms with Crippen molar-refractivity contribution in [1.29, 1.82) is 0 Å². The smallest absolute Gasteiger partial charge is 0.239 e. The Hall–Kier alpha value is -1.71. The third kappa shape index (κ3) is 3.02. The number of phenolic OH excluding ortho intramolecular Hbond substituents is 1. The van der Waals surface area contributed by atoms with Crippen LogP contribution >= 0.6 is 0 Å². The zero-order chi connectivity index (χ0) is 9.68. The van der Waals surface area contributed by atoms with Gasteiger partial charge in [0.1, 0.15) is 5.75 Å². The lowest BCUT2D eigenvalue weighted by Crippen LogP contribution is -2.26. The lowest BCUT2D eigenvalue weighted by molar-refractivity contribution is -0.118. The second-order valence-corrected chi connectivity index (χ2v) is 2.57. The van der Waals surface area contributed by atoms with Crippen molar-refractivity contribution in [2.75, 3.05) is 18.9 Å². The zero-order valence-corrected chi connectivity index (χ0v) is 7.37. The van der Waals surface area contributed by atoms with Crippen molar-refractivity contribution in [3.05, 3.63) is 24.3 Å². The van der Waals surface area contributed by atoms with Gasteiger partial charge in [0, 0.05) is 12.7 Å². The van der Waals surface area contributed by atoms with Crippen LogP contribution in [-0.2, 0) is 4.79 Å². The Bertz CT molecular complexity index is 282. The van der Waals surface area contributed by atoms with E-state index in [1.54, 1.807) is 31.3 Å². The molecule has 1 aromatic rings. The molecule has 0 radical (unpaired) electrons. The number of benzene rings is 1. The summed E-state index contributed by atoms with van der Waals surface area (Å²) in [4.78, 5) is 10.8. The largest absolute Gasteiger partial charge is 0.508 e. The van der Waals surface area contributed by atoms with Gasteiger partial charge in [-0.25, -0.2) is 0 Å². The molecule has 0 atom stereocenters. The van der Waals surface area contributed by atoms with Gasteiger partial charge in [0.05, 0.1) is 6.54 Å². The average molecular weight is 180 g/mol. The minimum absolute atomic E-state index is 0.0759. The zero-order valence-electron chi connectivity index (χ0n) is 7.37. The molecule has 0 saturated carbocycles. The molecule has 0 aliphatic rings. The molecule has 1 aromatic carbocycles. The summed E-state index contributed by atoms with van der Waals surface area (Å²) in [7, 11) is 1.58. The molecule has 1 rings (SSSR count). The first-order valence-corrected chi connectivity index (χ1v) is 3.96. The fourth-order valence-corrected chi connectivity index (χ4v) is 0.850. The standard InChI is InChI=1S/C9H12N2O2/c1-10-9(13)6-11-7-2-4-8(12)5-3-7/h2-5,11-12H,6H2,1H3,(H,10,13). The van der Waals surface area contributed by atoms with Crippen molar-refractivity contribution in [3.63, 3.8) is 0 Å². The molecule has 0 aromatic heterocycles. The van der Waals surface area contributed by atoms with Gasteiger partial charge in [-0.2, -0.15) is 0 Å². The maximum Gasteiger partial charge on any atom is 0.239 e. The first kappa shape index (κ1) is 9.38. The molecule has 0 spiro atoms. The monoisotopic (exact) mass is 180 g/mol. The number of nitrogens with one attached hydrogen (secondary N) is 2. The van der Waals surface area contributed by atoms with Crippen molar-refractivity contribution in [2.45, 2.75) is 0 Å². The van der Waals surface area contributed by atoms with Crippen molar-refractivity contribution < 1.29 is 9.90 Å². The van der Waals surface area contributed by atoms with Gasteiger partial charge in [-0.1, -0.05) is 0 Å². The van der Waals surface area contributed by atoms with Crippen LogP contribution in [0.3, 0.4) is 0 Å². The van der Waals surface area contributed by atoms with E-state index < -0.39 is 0 Å². The third-order valence-corrected chi connectivity index (χ3v) is 1.60. The Labute approximate surface area is 76.6 Å². The van der Waals surface area contributed by atoms with Crippen molar-refractivity contribution in [1.82, 2.24) is 5.32 Å². The normalized spacial score (nSPS) is 9.31. The molecule has 13 heavy (non-hydrogen) atoms. The number of rotatable bonds is 3. The van der Waals surface area contributed by atoms with Crippen LogP contribution in [0.2, 0.25) is 0 Å². The van der Waals surface area contributed by atoms with E-state index >= 15 is 0 Å². The Morgan fingerprint density at radius 3 is 2.54 bits per heavy atom. The molecule has 3 N–H and O–H groups in total. The molecule has 0 unspecified atom stereocenters. The van der Waals surface area contributed by atoms with Gasteiger partial charge in [0.15, 0.2) is 0 Å². The van der Waals surface area contributed by atoms with E-state index in [-0.39, 0.29) is 18.2 Å². The van der Waals surface area contributed by atoms with Crippen LogP contribution in [0.4, 0.5) is 5.69 Å². The van der Waals surface area contributed by atoms with Gasteiger partial charge >= 0.3 is 0 Å².